The topological polar surface area (TPSA) is 23.8 Å². The second kappa shape index (κ2) is 6.56. The van der Waals surface area contributed by atoms with Gasteiger partial charge in [0.25, 0.3) is 0 Å². The fourth-order valence-corrected chi connectivity index (χ4v) is 7.23. The van der Waals surface area contributed by atoms with Crippen molar-refractivity contribution in [2.24, 2.45) is 0 Å². The quantitative estimate of drug-likeness (QED) is 0.679. The van der Waals surface area contributed by atoms with Crippen LogP contribution < -0.4 is 15.9 Å². The van der Waals surface area contributed by atoms with E-state index in [1.165, 1.54) is 15.9 Å². The van der Waals surface area contributed by atoms with Crippen LogP contribution in [0.15, 0.2) is 91.0 Å². The van der Waals surface area contributed by atoms with E-state index in [2.05, 4.69) is 78.9 Å². The minimum absolute atomic E-state index is 0.547. The third-order valence-corrected chi connectivity index (χ3v) is 8.79. The Hall–Kier alpha value is -2.42. The Labute approximate surface area is 132 Å². The summed E-state index contributed by atoms with van der Waals surface area (Å²) in [7, 11) is -2.28. The van der Waals surface area contributed by atoms with Crippen molar-refractivity contribution in [1.29, 1.82) is 5.26 Å². The van der Waals surface area contributed by atoms with Gasteiger partial charge in [-0.15, -0.1) is 0 Å². The van der Waals surface area contributed by atoms with Crippen LogP contribution in [-0.4, -0.2) is 6.16 Å². The summed E-state index contributed by atoms with van der Waals surface area (Å²) in [5.41, 5.74) is 0. The zero-order valence-corrected chi connectivity index (χ0v) is 13.3. The van der Waals surface area contributed by atoms with Crippen molar-refractivity contribution in [3.8, 4) is 6.07 Å². The molecular formula is C20H18NP. The average molecular weight is 303 g/mol. The molecule has 0 aromatic heterocycles. The zero-order valence-electron chi connectivity index (χ0n) is 12.3. The summed E-state index contributed by atoms with van der Waals surface area (Å²) in [5.74, 6) is 0. The van der Waals surface area contributed by atoms with Crippen molar-refractivity contribution in [3.63, 3.8) is 0 Å². The molecule has 0 saturated carbocycles. The first kappa shape index (κ1) is 14.5. The van der Waals surface area contributed by atoms with Crippen LogP contribution in [0.25, 0.3) is 0 Å². The second-order valence-electron chi connectivity index (χ2n) is 5.34. The van der Waals surface area contributed by atoms with Crippen molar-refractivity contribution in [2.75, 3.05) is 6.16 Å². The number of rotatable bonds is 4. The van der Waals surface area contributed by atoms with Gasteiger partial charge >= 0.3 is 132 Å². The second-order valence-corrected chi connectivity index (χ2v) is 9.23. The third kappa shape index (κ3) is 2.54. The molecule has 1 nitrogen and oxygen atoms in total. The van der Waals surface area contributed by atoms with Gasteiger partial charge in [-0.25, -0.2) is 0 Å². The van der Waals surface area contributed by atoms with E-state index in [1.807, 2.05) is 18.2 Å². The van der Waals surface area contributed by atoms with E-state index in [0.29, 0.717) is 6.16 Å². The predicted molar refractivity (Wildman–Crippen MR) is 97.0 cm³/mol. The summed E-state index contributed by atoms with van der Waals surface area (Å²) in [6, 6.07) is 34.0. The first-order valence-electron chi connectivity index (χ1n) is 7.41. The van der Waals surface area contributed by atoms with Gasteiger partial charge in [-0.1, -0.05) is 0 Å². The van der Waals surface area contributed by atoms with Crippen LogP contribution in [0.4, 0.5) is 0 Å². The van der Waals surface area contributed by atoms with E-state index in [0.717, 1.165) is 0 Å². The van der Waals surface area contributed by atoms with Gasteiger partial charge in [0.05, 0.1) is 0 Å². The minimum atomic E-state index is -2.28. The van der Waals surface area contributed by atoms with E-state index in [9.17, 15) is 5.26 Å². The number of nitriles is 1. The Morgan fingerprint density at radius 2 is 0.909 bits per heavy atom. The zero-order chi connectivity index (χ0) is 15.3. The maximum absolute atomic E-state index is 9.57. The first-order chi connectivity index (χ1) is 10.9. The molecule has 0 radical (unpaired) electrons. The van der Waals surface area contributed by atoms with Gasteiger partial charge in [-0.2, -0.15) is 0 Å². The van der Waals surface area contributed by atoms with Crippen LogP contribution in [-0.2, 0) is 0 Å². The van der Waals surface area contributed by atoms with Crippen LogP contribution in [0, 0.1) is 11.3 Å². The Kier molecular flexibility index (Phi) is 4.33. The predicted octanol–water partition coefficient (Wildman–Crippen LogP) is 3.24. The van der Waals surface area contributed by atoms with E-state index < -0.39 is 7.26 Å². The van der Waals surface area contributed by atoms with Crippen molar-refractivity contribution in [3.05, 3.63) is 91.0 Å². The molecule has 0 unspecified atom stereocenters. The molecule has 108 valence electrons. The van der Waals surface area contributed by atoms with Crippen LogP contribution in [0.5, 0.6) is 0 Å². The van der Waals surface area contributed by atoms with Crippen molar-refractivity contribution >= 4 is 23.2 Å². The van der Waals surface area contributed by atoms with Gasteiger partial charge in [-0.3, -0.25) is 0 Å². The molecule has 0 aliphatic carbocycles. The Morgan fingerprint density at radius 3 is 1.18 bits per heavy atom. The SMILES string of the molecule is N#CC[PH](c1ccccc1)(c1ccccc1)c1ccccc1. The molecular weight excluding hydrogens is 285 g/mol. The molecule has 0 aliphatic heterocycles. The standard InChI is InChI=1S/C20H18NP/c21-16-17-22(18-10-4-1-5-11-18,19-12-6-2-7-13-19)20-14-8-3-9-15-20/h1-15,22H,17H2. The summed E-state index contributed by atoms with van der Waals surface area (Å²) < 4.78 is 0. The number of benzene rings is 3. The monoisotopic (exact) mass is 303 g/mol. The molecule has 0 aliphatic rings. The molecule has 0 amide bonds. The van der Waals surface area contributed by atoms with Gasteiger partial charge in [0.1, 0.15) is 0 Å². The van der Waals surface area contributed by atoms with Gasteiger partial charge in [0.15, 0.2) is 0 Å². The molecule has 2 heteroatoms. The molecule has 0 N–H and O–H groups in total. The van der Waals surface area contributed by atoms with Gasteiger partial charge in [-0.05, 0) is 0 Å². The first-order valence-corrected chi connectivity index (χ1v) is 9.62. The van der Waals surface area contributed by atoms with E-state index >= 15 is 0 Å². The third-order valence-electron chi connectivity index (χ3n) is 4.14. The average Bonchev–Trinajstić information content (AvgIpc) is 2.62. The van der Waals surface area contributed by atoms with Gasteiger partial charge in [0, 0.05) is 0 Å². The Balaban J connectivity index is 2.32. The molecule has 0 saturated heterocycles. The summed E-state index contributed by atoms with van der Waals surface area (Å²) in [4.78, 5) is 0. The van der Waals surface area contributed by atoms with Crippen LogP contribution in [0.3, 0.4) is 0 Å². The van der Waals surface area contributed by atoms with Gasteiger partial charge in [0.2, 0.25) is 0 Å². The number of hydrogen-bond donors (Lipinski definition) is 0. The molecule has 0 heterocycles. The fourth-order valence-electron chi connectivity index (χ4n) is 3.09. The Morgan fingerprint density at radius 1 is 0.591 bits per heavy atom. The molecule has 3 aromatic carbocycles. The summed E-state index contributed by atoms with van der Waals surface area (Å²) >= 11 is 0. The molecule has 0 fully saturated rings. The molecule has 3 aromatic rings. The molecule has 0 spiro atoms. The van der Waals surface area contributed by atoms with Crippen LogP contribution in [0.1, 0.15) is 0 Å². The van der Waals surface area contributed by atoms with Crippen molar-refractivity contribution in [2.45, 2.75) is 0 Å². The summed E-state index contributed by atoms with van der Waals surface area (Å²) in [5, 5.41) is 13.4. The number of nitrogens with zero attached hydrogens (tertiary/aromatic N) is 1. The number of hydrogen-bond acceptors (Lipinski definition) is 1. The normalized spacial score (nSPS) is 11.6. The molecule has 22 heavy (non-hydrogen) atoms. The molecule has 0 atom stereocenters. The van der Waals surface area contributed by atoms with E-state index in [1.54, 1.807) is 0 Å². The maximum atomic E-state index is 9.57. The molecule has 3 rings (SSSR count). The van der Waals surface area contributed by atoms with Crippen molar-refractivity contribution in [1.82, 2.24) is 0 Å². The van der Waals surface area contributed by atoms with Crippen LogP contribution >= 0.6 is 7.26 Å². The van der Waals surface area contributed by atoms with Crippen molar-refractivity contribution < 1.29 is 0 Å². The molecule has 0 bridgehead atoms. The fraction of sp³-hybridized carbons (Fsp3) is 0.0500. The van der Waals surface area contributed by atoms with Crippen LogP contribution in [0.2, 0.25) is 0 Å². The summed E-state index contributed by atoms with van der Waals surface area (Å²) in [6.45, 7) is 0. The van der Waals surface area contributed by atoms with E-state index in [-0.39, 0.29) is 0 Å². The summed E-state index contributed by atoms with van der Waals surface area (Å²) in [6.07, 6.45) is 0.547. The van der Waals surface area contributed by atoms with Gasteiger partial charge < -0.3 is 0 Å². The Bertz CT molecular complexity index is 664. The van der Waals surface area contributed by atoms with E-state index in [4.69, 9.17) is 0 Å².